The Morgan fingerprint density at radius 1 is 1.53 bits per heavy atom. The molecule has 1 aliphatic heterocycles. The highest BCUT2D eigenvalue weighted by molar-refractivity contribution is 5.72. The summed E-state index contributed by atoms with van der Waals surface area (Å²) in [5.74, 6) is 0.192. The van der Waals surface area contributed by atoms with Crippen molar-refractivity contribution in [3.8, 4) is 5.88 Å². The van der Waals surface area contributed by atoms with Crippen molar-refractivity contribution in [2.24, 2.45) is 11.8 Å². The second-order valence-electron chi connectivity index (χ2n) is 4.89. The summed E-state index contributed by atoms with van der Waals surface area (Å²) in [4.78, 5) is 21.5. The van der Waals surface area contributed by atoms with E-state index in [0.29, 0.717) is 31.4 Å². The largest absolute Gasteiger partial charge is 0.481 e. The van der Waals surface area contributed by atoms with Gasteiger partial charge in [0.05, 0.1) is 24.9 Å². The Hall–Kier alpha value is -1.85. The molecule has 0 unspecified atom stereocenters. The van der Waals surface area contributed by atoms with E-state index < -0.39 is 5.97 Å². The molecular weight excluding hydrogens is 246 g/mol. The molecule has 0 radical (unpaired) electrons. The monoisotopic (exact) mass is 265 g/mol. The van der Waals surface area contributed by atoms with Gasteiger partial charge in [0.2, 0.25) is 5.88 Å². The van der Waals surface area contributed by atoms with Crippen LogP contribution >= 0.6 is 0 Å². The minimum atomic E-state index is -0.749. The van der Waals surface area contributed by atoms with Gasteiger partial charge in [-0.05, 0) is 12.3 Å². The number of nitrogens with zero attached hydrogens (tertiary/aromatic N) is 3. The molecule has 1 aromatic heterocycles. The molecule has 1 N–H and O–H groups in total. The lowest BCUT2D eigenvalue weighted by molar-refractivity contribution is -0.142. The number of rotatable bonds is 5. The number of aromatic nitrogens is 2. The van der Waals surface area contributed by atoms with Crippen LogP contribution in [0.2, 0.25) is 0 Å². The highest BCUT2D eigenvalue weighted by Gasteiger charge is 2.35. The Morgan fingerprint density at radius 2 is 2.32 bits per heavy atom. The van der Waals surface area contributed by atoms with Crippen molar-refractivity contribution < 1.29 is 14.6 Å². The molecule has 2 rings (SSSR count). The van der Waals surface area contributed by atoms with Crippen molar-refractivity contribution in [1.82, 2.24) is 9.97 Å². The Bertz CT molecular complexity index is 453. The Kier molecular flexibility index (Phi) is 4.19. The molecule has 2 heterocycles. The van der Waals surface area contributed by atoms with Gasteiger partial charge in [-0.15, -0.1) is 0 Å². The average Bonchev–Trinajstić information content (AvgIpc) is 2.79. The van der Waals surface area contributed by atoms with E-state index in [1.165, 1.54) is 0 Å². The smallest absolute Gasteiger partial charge is 0.308 e. The zero-order valence-electron chi connectivity index (χ0n) is 11.2. The third-order valence-electron chi connectivity index (χ3n) is 3.31. The third-order valence-corrected chi connectivity index (χ3v) is 3.31. The number of carboxylic acids is 1. The maximum absolute atomic E-state index is 11.1. The molecule has 6 heteroatoms. The maximum atomic E-state index is 11.1. The van der Waals surface area contributed by atoms with Gasteiger partial charge in [-0.3, -0.25) is 9.78 Å². The summed E-state index contributed by atoms with van der Waals surface area (Å²) in [5, 5.41) is 9.13. The van der Waals surface area contributed by atoms with Crippen molar-refractivity contribution >= 4 is 11.8 Å². The SMILES string of the molecule is CCCOc1cncc(N2C[C@@H](C)[C@H](C(=O)O)C2)n1. The van der Waals surface area contributed by atoms with Crippen LogP contribution in [0.1, 0.15) is 20.3 Å². The summed E-state index contributed by atoms with van der Waals surface area (Å²) in [5.41, 5.74) is 0. The standard InChI is InChI=1S/C13H19N3O3/c1-3-4-19-12-6-14-5-11(15-12)16-7-9(2)10(8-16)13(17)18/h5-6,9-10H,3-4,7-8H2,1-2H3,(H,17,18)/t9-,10-/m1/s1. The predicted molar refractivity (Wildman–Crippen MR) is 70.3 cm³/mol. The number of ether oxygens (including phenoxy) is 1. The van der Waals surface area contributed by atoms with Gasteiger partial charge in [0.1, 0.15) is 0 Å². The van der Waals surface area contributed by atoms with Gasteiger partial charge >= 0.3 is 5.97 Å². The molecule has 6 nitrogen and oxygen atoms in total. The summed E-state index contributed by atoms with van der Waals surface area (Å²) in [6, 6.07) is 0. The topological polar surface area (TPSA) is 75.5 Å². The van der Waals surface area contributed by atoms with Gasteiger partial charge in [0.15, 0.2) is 5.82 Å². The second kappa shape index (κ2) is 5.86. The molecule has 1 fully saturated rings. The molecule has 0 amide bonds. The Labute approximate surface area is 112 Å². The van der Waals surface area contributed by atoms with Crippen molar-refractivity contribution in [2.45, 2.75) is 20.3 Å². The number of anilines is 1. The predicted octanol–water partition coefficient (Wildman–Crippen LogP) is 1.42. The molecule has 0 bridgehead atoms. The average molecular weight is 265 g/mol. The van der Waals surface area contributed by atoms with Crippen molar-refractivity contribution in [3.05, 3.63) is 12.4 Å². The molecular formula is C13H19N3O3. The van der Waals surface area contributed by atoms with E-state index in [-0.39, 0.29) is 11.8 Å². The van der Waals surface area contributed by atoms with Gasteiger partial charge in [0.25, 0.3) is 0 Å². The molecule has 2 atom stereocenters. The van der Waals surface area contributed by atoms with E-state index in [2.05, 4.69) is 9.97 Å². The number of hydrogen-bond donors (Lipinski definition) is 1. The summed E-state index contributed by atoms with van der Waals surface area (Å²) in [7, 11) is 0. The normalized spacial score (nSPS) is 22.5. The molecule has 1 aromatic rings. The number of carboxylic acid groups (broad SMARTS) is 1. The van der Waals surface area contributed by atoms with Crippen LogP contribution in [0.4, 0.5) is 5.82 Å². The first kappa shape index (κ1) is 13.6. The summed E-state index contributed by atoms with van der Waals surface area (Å²) < 4.78 is 5.44. The lowest BCUT2D eigenvalue weighted by Crippen LogP contribution is -2.23. The van der Waals surface area contributed by atoms with E-state index >= 15 is 0 Å². The zero-order chi connectivity index (χ0) is 13.8. The first-order valence-electron chi connectivity index (χ1n) is 6.54. The fraction of sp³-hybridized carbons (Fsp3) is 0.615. The van der Waals surface area contributed by atoms with Crippen LogP contribution in [0, 0.1) is 11.8 Å². The van der Waals surface area contributed by atoms with E-state index in [4.69, 9.17) is 9.84 Å². The van der Waals surface area contributed by atoms with Gasteiger partial charge in [-0.25, -0.2) is 0 Å². The van der Waals surface area contributed by atoms with Crippen molar-refractivity contribution in [3.63, 3.8) is 0 Å². The van der Waals surface area contributed by atoms with Crippen molar-refractivity contribution in [1.29, 1.82) is 0 Å². The molecule has 1 aliphatic rings. The van der Waals surface area contributed by atoms with Crippen LogP contribution < -0.4 is 9.64 Å². The highest BCUT2D eigenvalue weighted by atomic mass is 16.5. The fourth-order valence-electron chi connectivity index (χ4n) is 2.24. The molecule has 0 saturated carbocycles. The van der Waals surface area contributed by atoms with Gasteiger partial charge in [0, 0.05) is 13.1 Å². The van der Waals surface area contributed by atoms with Gasteiger partial charge in [-0.2, -0.15) is 4.98 Å². The van der Waals surface area contributed by atoms with Crippen LogP contribution in [0.15, 0.2) is 12.4 Å². The fourth-order valence-corrected chi connectivity index (χ4v) is 2.24. The van der Waals surface area contributed by atoms with E-state index in [1.807, 2.05) is 18.7 Å². The molecule has 104 valence electrons. The first-order valence-corrected chi connectivity index (χ1v) is 6.54. The van der Waals surface area contributed by atoms with Crippen LogP contribution in [0.5, 0.6) is 5.88 Å². The van der Waals surface area contributed by atoms with Crippen LogP contribution in [0.25, 0.3) is 0 Å². The lowest BCUT2D eigenvalue weighted by atomic mass is 9.99. The quantitative estimate of drug-likeness (QED) is 0.867. The third kappa shape index (κ3) is 3.13. The maximum Gasteiger partial charge on any atom is 0.308 e. The van der Waals surface area contributed by atoms with Crippen LogP contribution in [-0.4, -0.2) is 40.7 Å². The van der Waals surface area contributed by atoms with E-state index in [0.717, 1.165) is 6.42 Å². The summed E-state index contributed by atoms with van der Waals surface area (Å²) in [6.07, 6.45) is 4.14. The van der Waals surface area contributed by atoms with Crippen LogP contribution in [-0.2, 0) is 4.79 Å². The summed E-state index contributed by atoms with van der Waals surface area (Å²) >= 11 is 0. The minimum absolute atomic E-state index is 0.111. The van der Waals surface area contributed by atoms with Crippen molar-refractivity contribution in [2.75, 3.05) is 24.6 Å². The van der Waals surface area contributed by atoms with Gasteiger partial charge in [-0.1, -0.05) is 13.8 Å². The number of carbonyl (C=O) groups is 1. The highest BCUT2D eigenvalue weighted by Crippen LogP contribution is 2.27. The molecule has 19 heavy (non-hydrogen) atoms. The minimum Gasteiger partial charge on any atom is -0.481 e. The summed E-state index contributed by atoms with van der Waals surface area (Å²) in [6.45, 7) is 5.73. The first-order chi connectivity index (χ1) is 9.11. The molecule has 1 saturated heterocycles. The Balaban J connectivity index is 2.08. The molecule has 0 spiro atoms. The molecule has 0 aliphatic carbocycles. The zero-order valence-corrected chi connectivity index (χ0v) is 11.2. The second-order valence-corrected chi connectivity index (χ2v) is 4.89. The number of hydrogen-bond acceptors (Lipinski definition) is 5. The lowest BCUT2D eigenvalue weighted by Gasteiger charge is -2.17. The van der Waals surface area contributed by atoms with Gasteiger partial charge < -0.3 is 14.7 Å². The van der Waals surface area contributed by atoms with E-state index in [9.17, 15) is 4.79 Å². The van der Waals surface area contributed by atoms with Crippen LogP contribution in [0.3, 0.4) is 0 Å². The van der Waals surface area contributed by atoms with E-state index in [1.54, 1.807) is 12.4 Å². The molecule has 0 aromatic carbocycles. The Morgan fingerprint density at radius 3 is 2.95 bits per heavy atom. The number of aliphatic carboxylic acids is 1.